The van der Waals surface area contributed by atoms with Gasteiger partial charge >= 0.3 is 0 Å². The van der Waals surface area contributed by atoms with E-state index < -0.39 is 0 Å². The molecule has 0 aliphatic rings. The minimum absolute atomic E-state index is 0.282. The Balaban J connectivity index is 2.18. The maximum Gasteiger partial charge on any atom is 0.128 e. The summed E-state index contributed by atoms with van der Waals surface area (Å²) in [6.45, 7) is 5.87. The molecule has 0 aliphatic heterocycles. The van der Waals surface area contributed by atoms with Gasteiger partial charge in [-0.3, -0.25) is 0 Å². The molecule has 2 nitrogen and oxygen atoms in total. The Kier molecular flexibility index (Phi) is 6.52. The minimum Gasteiger partial charge on any atom is -0.493 e. The van der Waals surface area contributed by atoms with Crippen molar-refractivity contribution in [1.29, 1.82) is 0 Å². The zero-order valence-corrected chi connectivity index (χ0v) is 11.9. The van der Waals surface area contributed by atoms with Crippen molar-refractivity contribution in [2.45, 2.75) is 32.7 Å². The molecule has 0 unspecified atom stereocenters. The fraction of sp³-hybridized carbons (Fsp3) is 0.538. The Morgan fingerprint density at radius 1 is 1.29 bits per heavy atom. The van der Waals surface area contributed by atoms with Crippen molar-refractivity contribution in [2.75, 3.05) is 13.2 Å². The molecule has 96 valence electrons. The molecule has 0 heterocycles. The zero-order chi connectivity index (χ0) is 12.7. The van der Waals surface area contributed by atoms with E-state index in [-0.39, 0.29) is 5.82 Å². The summed E-state index contributed by atoms with van der Waals surface area (Å²) in [5.74, 6) is 0.296. The monoisotopic (exact) mass is 303 g/mol. The van der Waals surface area contributed by atoms with Crippen LogP contribution in [-0.2, 0) is 0 Å². The molecule has 0 saturated carbocycles. The topological polar surface area (TPSA) is 21.3 Å². The number of rotatable bonds is 7. The quantitative estimate of drug-likeness (QED) is 0.775. The van der Waals surface area contributed by atoms with Crippen LogP contribution in [0.4, 0.5) is 4.39 Å². The van der Waals surface area contributed by atoms with Crippen molar-refractivity contribution in [1.82, 2.24) is 5.32 Å². The maximum absolute atomic E-state index is 13.0. The van der Waals surface area contributed by atoms with E-state index in [2.05, 4.69) is 35.1 Å². The molecule has 0 radical (unpaired) electrons. The fourth-order valence-electron chi connectivity index (χ4n) is 1.42. The third kappa shape index (κ3) is 6.64. The Bertz CT molecular complexity index is 324. The molecule has 0 bridgehead atoms. The van der Waals surface area contributed by atoms with E-state index in [4.69, 9.17) is 4.74 Å². The van der Waals surface area contributed by atoms with Crippen LogP contribution in [0.3, 0.4) is 0 Å². The van der Waals surface area contributed by atoms with Crippen molar-refractivity contribution >= 4 is 15.9 Å². The van der Waals surface area contributed by atoms with Gasteiger partial charge in [0.15, 0.2) is 0 Å². The molecule has 1 N–H and O–H groups in total. The zero-order valence-electron chi connectivity index (χ0n) is 10.3. The normalized spacial score (nSPS) is 10.9. The highest BCUT2D eigenvalue weighted by Gasteiger charge is 2.00. The van der Waals surface area contributed by atoms with E-state index in [1.54, 1.807) is 6.07 Å². The SMILES string of the molecule is CC(C)NCCCCOc1cc(F)cc(Br)c1. The summed E-state index contributed by atoms with van der Waals surface area (Å²) in [6.07, 6.45) is 2.03. The largest absolute Gasteiger partial charge is 0.493 e. The van der Waals surface area contributed by atoms with Crippen LogP contribution in [0, 0.1) is 5.82 Å². The molecule has 1 aromatic rings. The van der Waals surface area contributed by atoms with E-state index in [0.717, 1.165) is 19.4 Å². The van der Waals surface area contributed by atoms with Gasteiger partial charge in [-0.05, 0) is 31.5 Å². The lowest BCUT2D eigenvalue weighted by atomic mass is 10.3. The lowest BCUT2D eigenvalue weighted by Crippen LogP contribution is -2.23. The second-order valence-electron chi connectivity index (χ2n) is 4.27. The van der Waals surface area contributed by atoms with Crippen LogP contribution in [0.15, 0.2) is 22.7 Å². The third-order valence-corrected chi connectivity index (χ3v) is 2.69. The number of hydrogen-bond donors (Lipinski definition) is 1. The molecule has 0 saturated heterocycles. The van der Waals surface area contributed by atoms with Crippen LogP contribution in [0.1, 0.15) is 26.7 Å². The summed E-state index contributed by atoms with van der Waals surface area (Å²) in [5, 5.41) is 3.34. The molecule has 1 aromatic carbocycles. The van der Waals surface area contributed by atoms with Crippen LogP contribution < -0.4 is 10.1 Å². The Hall–Kier alpha value is -0.610. The van der Waals surface area contributed by atoms with Gasteiger partial charge in [-0.25, -0.2) is 4.39 Å². The highest BCUT2D eigenvalue weighted by atomic mass is 79.9. The summed E-state index contributed by atoms with van der Waals surface area (Å²) >= 11 is 3.23. The van der Waals surface area contributed by atoms with Gasteiger partial charge < -0.3 is 10.1 Å². The van der Waals surface area contributed by atoms with Crippen LogP contribution in [0.2, 0.25) is 0 Å². The van der Waals surface area contributed by atoms with Gasteiger partial charge in [0.1, 0.15) is 11.6 Å². The van der Waals surface area contributed by atoms with Gasteiger partial charge in [0.25, 0.3) is 0 Å². The molecule has 4 heteroatoms. The number of ether oxygens (including phenoxy) is 1. The molecule has 0 amide bonds. The van der Waals surface area contributed by atoms with Gasteiger partial charge in [0, 0.05) is 16.6 Å². The van der Waals surface area contributed by atoms with E-state index in [0.29, 0.717) is 22.9 Å². The van der Waals surface area contributed by atoms with Crippen molar-refractivity contribution in [2.24, 2.45) is 0 Å². The Morgan fingerprint density at radius 3 is 2.71 bits per heavy atom. The molecule has 0 atom stereocenters. The summed E-state index contributed by atoms with van der Waals surface area (Å²) < 4.78 is 19.2. The smallest absolute Gasteiger partial charge is 0.128 e. The second kappa shape index (κ2) is 7.67. The van der Waals surface area contributed by atoms with Gasteiger partial charge in [-0.1, -0.05) is 29.8 Å². The first-order valence-corrected chi connectivity index (χ1v) is 6.69. The number of hydrogen-bond acceptors (Lipinski definition) is 2. The lowest BCUT2D eigenvalue weighted by molar-refractivity contribution is 0.303. The third-order valence-electron chi connectivity index (χ3n) is 2.23. The van der Waals surface area contributed by atoms with Crippen LogP contribution >= 0.6 is 15.9 Å². The highest BCUT2D eigenvalue weighted by Crippen LogP contribution is 2.20. The number of halogens is 2. The lowest BCUT2D eigenvalue weighted by Gasteiger charge is -2.09. The Morgan fingerprint density at radius 2 is 2.06 bits per heavy atom. The summed E-state index contributed by atoms with van der Waals surface area (Å²) in [5.41, 5.74) is 0. The minimum atomic E-state index is -0.282. The van der Waals surface area contributed by atoms with Gasteiger partial charge in [-0.2, -0.15) is 0 Å². The van der Waals surface area contributed by atoms with E-state index in [9.17, 15) is 4.39 Å². The molecular formula is C13H19BrFNO. The van der Waals surface area contributed by atoms with Crippen molar-refractivity contribution in [3.8, 4) is 5.75 Å². The maximum atomic E-state index is 13.0. The van der Waals surface area contributed by atoms with Crippen molar-refractivity contribution in [3.63, 3.8) is 0 Å². The summed E-state index contributed by atoms with van der Waals surface area (Å²) in [7, 11) is 0. The van der Waals surface area contributed by atoms with Crippen LogP contribution in [0.25, 0.3) is 0 Å². The van der Waals surface area contributed by atoms with Gasteiger partial charge in [0.2, 0.25) is 0 Å². The summed E-state index contributed by atoms with van der Waals surface area (Å²) in [4.78, 5) is 0. The second-order valence-corrected chi connectivity index (χ2v) is 5.19. The average Bonchev–Trinajstić information content (AvgIpc) is 2.21. The van der Waals surface area contributed by atoms with Crippen molar-refractivity contribution < 1.29 is 9.13 Å². The first kappa shape index (κ1) is 14.5. The number of benzene rings is 1. The number of unbranched alkanes of at least 4 members (excludes halogenated alkanes) is 1. The highest BCUT2D eigenvalue weighted by molar-refractivity contribution is 9.10. The Labute approximate surface area is 111 Å². The predicted octanol–water partition coefficient (Wildman–Crippen LogP) is 3.75. The summed E-state index contributed by atoms with van der Waals surface area (Å²) in [6, 6.07) is 5.11. The number of nitrogens with one attached hydrogen (secondary N) is 1. The first-order valence-electron chi connectivity index (χ1n) is 5.90. The molecule has 17 heavy (non-hydrogen) atoms. The van der Waals surface area contributed by atoms with Crippen molar-refractivity contribution in [3.05, 3.63) is 28.5 Å². The predicted molar refractivity (Wildman–Crippen MR) is 72.0 cm³/mol. The van der Waals surface area contributed by atoms with E-state index in [1.807, 2.05) is 0 Å². The molecular weight excluding hydrogens is 285 g/mol. The molecule has 0 aliphatic carbocycles. The van der Waals surface area contributed by atoms with E-state index >= 15 is 0 Å². The van der Waals surface area contributed by atoms with Gasteiger partial charge in [0.05, 0.1) is 6.61 Å². The molecule has 1 rings (SSSR count). The average molecular weight is 304 g/mol. The fourth-order valence-corrected chi connectivity index (χ4v) is 1.86. The standard InChI is InChI=1S/C13H19BrFNO/c1-10(2)16-5-3-4-6-17-13-8-11(14)7-12(15)9-13/h7-10,16H,3-6H2,1-2H3. The molecule has 0 fully saturated rings. The molecule has 0 aromatic heterocycles. The molecule has 0 spiro atoms. The van der Waals surface area contributed by atoms with E-state index in [1.165, 1.54) is 12.1 Å². The van der Waals surface area contributed by atoms with Crippen LogP contribution in [-0.4, -0.2) is 19.2 Å². The van der Waals surface area contributed by atoms with Crippen LogP contribution in [0.5, 0.6) is 5.75 Å². The van der Waals surface area contributed by atoms with Gasteiger partial charge in [-0.15, -0.1) is 0 Å². The first-order chi connectivity index (χ1) is 8.08.